The molecule has 0 aliphatic heterocycles. The third-order valence-electron chi connectivity index (χ3n) is 1.74. The zero-order valence-electron chi connectivity index (χ0n) is 7.76. The maximum Gasteiger partial charge on any atom is 0.416 e. The van der Waals surface area contributed by atoms with Crippen LogP contribution in [0.15, 0.2) is 18.2 Å². The van der Waals surface area contributed by atoms with E-state index in [1.165, 1.54) is 13.2 Å². The molecule has 0 aromatic heterocycles. The summed E-state index contributed by atoms with van der Waals surface area (Å²) < 4.78 is 41.9. The smallest absolute Gasteiger partial charge is 0.416 e. The molecule has 0 atom stereocenters. The molecule has 1 aromatic rings. The van der Waals surface area contributed by atoms with Gasteiger partial charge in [-0.1, -0.05) is 12.2 Å². The summed E-state index contributed by atoms with van der Waals surface area (Å²) >= 11 is 4.51. The summed E-state index contributed by atoms with van der Waals surface area (Å²) in [5, 5.41) is 2.50. The predicted octanol–water partition coefficient (Wildman–Crippen LogP) is 3.08. The third kappa shape index (κ3) is 2.82. The largest absolute Gasteiger partial charge is 0.495 e. The standard InChI is InChI=1S/C9H8F3NOS/c1-14-8-3-2-6(9(10,11)12)4-7(8)13-5-15/h2-5H,1H3,(H,13,15). The molecule has 0 heterocycles. The van der Waals surface area contributed by atoms with E-state index >= 15 is 0 Å². The average Bonchev–Trinajstić information content (AvgIpc) is 2.17. The summed E-state index contributed by atoms with van der Waals surface area (Å²) in [6, 6.07) is 3.14. The van der Waals surface area contributed by atoms with Crippen LogP contribution < -0.4 is 10.1 Å². The Bertz CT molecular complexity index is 365. The van der Waals surface area contributed by atoms with Crippen molar-refractivity contribution in [3.05, 3.63) is 23.8 Å². The SMILES string of the molecule is COc1ccc(C(F)(F)F)cc1NC=S. The number of halogens is 3. The lowest BCUT2D eigenvalue weighted by molar-refractivity contribution is -0.137. The molecule has 0 aliphatic rings. The van der Waals surface area contributed by atoms with Gasteiger partial charge >= 0.3 is 6.18 Å². The van der Waals surface area contributed by atoms with Crippen LogP contribution in [0.2, 0.25) is 0 Å². The van der Waals surface area contributed by atoms with Gasteiger partial charge in [0.15, 0.2) is 0 Å². The quantitative estimate of drug-likeness (QED) is 0.813. The summed E-state index contributed by atoms with van der Waals surface area (Å²) in [5.41, 5.74) is 0.572. The predicted molar refractivity (Wildman–Crippen MR) is 55.3 cm³/mol. The molecule has 0 saturated heterocycles. The Morgan fingerprint density at radius 2 is 2.07 bits per heavy atom. The van der Waals surface area contributed by atoms with Crippen LogP contribution in [0.5, 0.6) is 5.75 Å². The maximum absolute atomic E-state index is 12.3. The van der Waals surface area contributed by atoms with Crippen molar-refractivity contribution >= 4 is 23.4 Å². The van der Waals surface area contributed by atoms with Crippen LogP contribution in [0.25, 0.3) is 0 Å². The van der Waals surface area contributed by atoms with Crippen molar-refractivity contribution in [1.82, 2.24) is 0 Å². The monoisotopic (exact) mass is 235 g/mol. The van der Waals surface area contributed by atoms with E-state index in [4.69, 9.17) is 4.74 Å². The fraction of sp³-hybridized carbons (Fsp3) is 0.222. The number of ether oxygens (including phenoxy) is 1. The van der Waals surface area contributed by atoms with Crippen LogP contribution in [0.4, 0.5) is 18.9 Å². The molecule has 1 N–H and O–H groups in total. The van der Waals surface area contributed by atoms with Gasteiger partial charge in [-0.15, -0.1) is 0 Å². The van der Waals surface area contributed by atoms with Crippen LogP contribution in [0.3, 0.4) is 0 Å². The van der Waals surface area contributed by atoms with Crippen molar-refractivity contribution in [3.8, 4) is 5.75 Å². The van der Waals surface area contributed by atoms with Crippen molar-refractivity contribution in [2.75, 3.05) is 12.4 Å². The lowest BCUT2D eigenvalue weighted by Gasteiger charge is -2.11. The van der Waals surface area contributed by atoms with Crippen LogP contribution in [0.1, 0.15) is 5.56 Å². The van der Waals surface area contributed by atoms with E-state index in [0.29, 0.717) is 5.75 Å². The minimum absolute atomic E-state index is 0.197. The molecule has 1 aromatic carbocycles. The van der Waals surface area contributed by atoms with Crippen LogP contribution in [-0.2, 0) is 6.18 Å². The molecule has 0 amide bonds. The van der Waals surface area contributed by atoms with Gasteiger partial charge in [-0.2, -0.15) is 13.2 Å². The fourth-order valence-electron chi connectivity index (χ4n) is 1.06. The highest BCUT2D eigenvalue weighted by Crippen LogP contribution is 2.34. The number of thiocarbonyl (C=S) groups is 1. The van der Waals surface area contributed by atoms with Gasteiger partial charge in [0, 0.05) is 0 Å². The Hall–Kier alpha value is -1.30. The van der Waals surface area contributed by atoms with Gasteiger partial charge in [-0.3, -0.25) is 0 Å². The molecule has 0 saturated carbocycles. The van der Waals surface area contributed by atoms with Gasteiger partial charge < -0.3 is 10.1 Å². The van der Waals surface area contributed by atoms with E-state index in [1.54, 1.807) is 0 Å². The Morgan fingerprint density at radius 1 is 1.40 bits per heavy atom. The summed E-state index contributed by atoms with van der Waals surface area (Å²) in [5.74, 6) is 0.309. The van der Waals surface area contributed by atoms with Crippen molar-refractivity contribution in [1.29, 1.82) is 0 Å². The number of nitrogens with one attached hydrogen (secondary N) is 1. The number of alkyl halides is 3. The zero-order valence-corrected chi connectivity index (χ0v) is 8.58. The summed E-state index contributed by atoms with van der Waals surface area (Å²) in [6.07, 6.45) is -4.37. The minimum atomic E-state index is -4.37. The molecule has 1 rings (SSSR count). The van der Waals surface area contributed by atoms with Crippen molar-refractivity contribution in [2.45, 2.75) is 6.18 Å². The molecular weight excluding hydrogens is 227 g/mol. The van der Waals surface area contributed by atoms with Gasteiger partial charge in [-0.05, 0) is 18.2 Å². The first-order chi connectivity index (χ1) is 6.99. The number of anilines is 1. The molecule has 6 heteroatoms. The average molecular weight is 235 g/mol. The summed E-state index contributed by atoms with van der Waals surface area (Å²) in [4.78, 5) is 0. The van der Waals surface area contributed by atoms with Crippen LogP contribution in [0, 0.1) is 0 Å². The van der Waals surface area contributed by atoms with Gasteiger partial charge in [0.2, 0.25) is 0 Å². The number of hydrogen-bond donors (Lipinski definition) is 1. The number of rotatable bonds is 3. The van der Waals surface area contributed by atoms with Crippen molar-refractivity contribution in [2.24, 2.45) is 0 Å². The highest BCUT2D eigenvalue weighted by molar-refractivity contribution is 7.79. The first kappa shape index (κ1) is 11.8. The van der Waals surface area contributed by atoms with Gasteiger partial charge in [0.05, 0.1) is 23.9 Å². The highest BCUT2D eigenvalue weighted by atomic mass is 32.1. The van der Waals surface area contributed by atoms with Crippen LogP contribution in [-0.4, -0.2) is 12.6 Å². The lowest BCUT2D eigenvalue weighted by atomic mass is 10.2. The fourth-order valence-corrected chi connectivity index (χ4v) is 1.19. The number of methoxy groups -OCH3 is 1. The zero-order chi connectivity index (χ0) is 11.5. The normalized spacial score (nSPS) is 10.9. The minimum Gasteiger partial charge on any atom is -0.495 e. The van der Waals surface area contributed by atoms with E-state index in [1.807, 2.05) is 0 Å². The first-order valence-corrected chi connectivity index (χ1v) is 4.41. The molecule has 82 valence electrons. The highest BCUT2D eigenvalue weighted by Gasteiger charge is 2.31. The molecule has 0 fully saturated rings. The molecule has 0 aliphatic carbocycles. The third-order valence-corrected chi connectivity index (χ3v) is 1.86. The van der Waals surface area contributed by atoms with E-state index in [9.17, 15) is 13.2 Å². The van der Waals surface area contributed by atoms with Crippen LogP contribution >= 0.6 is 12.2 Å². The van der Waals surface area contributed by atoms with E-state index in [-0.39, 0.29) is 5.69 Å². The molecule has 2 nitrogen and oxygen atoms in total. The Labute approximate surface area is 90.0 Å². The molecule has 0 unspecified atom stereocenters. The molecule has 15 heavy (non-hydrogen) atoms. The summed E-state index contributed by atoms with van der Waals surface area (Å²) in [6.45, 7) is 0. The van der Waals surface area contributed by atoms with E-state index < -0.39 is 11.7 Å². The lowest BCUT2D eigenvalue weighted by Crippen LogP contribution is -2.06. The summed E-state index contributed by atoms with van der Waals surface area (Å²) in [7, 11) is 1.37. The van der Waals surface area contributed by atoms with Gasteiger partial charge in [0.1, 0.15) is 5.75 Å². The number of benzene rings is 1. The molecule has 0 spiro atoms. The Morgan fingerprint density at radius 3 is 2.53 bits per heavy atom. The Balaban J connectivity index is 3.15. The molecular formula is C9H8F3NOS. The topological polar surface area (TPSA) is 21.3 Å². The van der Waals surface area contributed by atoms with Crippen molar-refractivity contribution < 1.29 is 17.9 Å². The van der Waals surface area contributed by atoms with Gasteiger partial charge in [-0.25, -0.2) is 0 Å². The first-order valence-electron chi connectivity index (χ1n) is 3.94. The number of hydrogen-bond acceptors (Lipinski definition) is 2. The molecule has 0 radical (unpaired) electrons. The second-order valence-corrected chi connectivity index (χ2v) is 2.91. The van der Waals surface area contributed by atoms with E-state index in [2.05, 4.69) is 17.5 Å². The second kappa shape index (κ2) is 4.48. The Kier molecular flexibility index (Phi) is 3.52. The van der Waals surface area contributed by atoms with Crippen molar-refractivity contribution in [3.63, 3.8) is 0 Å². The second-order valence-electron chi connectivity index (χ2n) is 2.68. The molecule has 0 bridgehead atoms. The van der Waals surface area contributed by atoms with Gasteiger partial charge in [0.25, 0.3) is 0 Å². The maximum atomic E-state index is 12.3. The van der Waals surface area contributed by atoms with E-state index in [0.717, 1.165) is 17.6 Å².